The van der Waals surface area contributed by atoms with Crippen LogP contribution in [0.4, 0.5) is 0 Å². The van der Waals surface area contributed by atoms with Gasteiger partial charge in [0, 0.05) is 18.6 Å². The Balaban J connectivity index is 2.19. The summed E-state index contributed by atoms with van der Waals surface area (Å²) in [6.07, 6.45) is 4.77. The van der Waals surface area contributed by atoms with Crippen LogP contribution < -0.4 is 5.73 Å². The molecule has 1 aromatic rings. The van der Waals surface area contributed by atoms with Crippen molar-refractivity contribution < 1.29 is 5.11 Å². The van der Waals surface area contributed by atoms with Gasteiger partial charge < -0.3 is 10.8 Å². The molecular weight excluding hydrogens is 244 g/mol. The average Bonchev–Trinajstić information content (AvgIpc) is 2.80. The van der Waals surface area contributed by atoms with Crippen molar-refractivity contribution in [3.8, 4) is 0 Å². The highest BCUT2D eigenvalue weighted by Crippen LogP contribution is 2.34. The Morgan fingerprint density at radius 3 is 2.78 bits per heavy atom. The van der Waals surface area contributed by atoms with E-state index in [1.807, 2.05) is 0 Å². The molecular formula is C14H24N2OS. The Morgan fingerprint density at radius 2 is 2.33 bits per heavy atom. The fraction of sp³-hybridized carbons (Fsp3) is 0.714. The van der Waals surface area contributed by atoms with E-state index in [9.17, 15) is 5.11 Å². The second-order valence-corrected chi connectivity index (χ2v) is 5.90. The number of hydrogen-bond donors (Lipinski definition) is 2. The predicted molar refractivity (Wildman–Crippen MR) is 76.8 cm³/mol. The standard InChI is InChI=1S/C14H24N2OS/c1-2-13(15)14(11-6-9-18-10-11)16(7-8-17)12-4-3-5-12/h6,9-10,12-14,17H,2-5,7-8,15H2,1H3. The molecule has 1 aliphatic carbocycles. The van der Waals surface area contributed by atoms with Crippen LogP contribution in [-0.2, 0) is 0 Å². The summed E-state index contributed by atoms with van der Waals surface area (Å²) in [7, 11) is 0. The Morgan fingerprint density at radius 1 is 1.56 bits per heavy atom. The normalized spacial score (nSPS) is 19.8. The molecule has 1 heterocycles. The molecule has 1 fully saturated rings. The molecule has 0 aliphatic heterocycles. The van der Waals surface area contributed by atoms with Crippen LogP contribution in [0.1, 0.15) is 44.2 Å². The highest BCUT2D eigenvalue weighted by atomic mass is 32.1. The number of nitrogens with two attached hydrogens (primary N) is 1. The van der Waals surface area contributed by atoms with Crippen LogP contribution in [0.5, 0.6) is 0 Å². The van der Waals surface area contributed by atoms with Gasteiger partial charge in [0.25, 0.3) is 0 Å². The summed E-state index contributed by atoms with van der Waals surface area (Å²) in [6.45, 7) is 3.09. The van der Waals surface area contributed by atoms with Crippen molar-refractivity contribution in [3.05, 3.63) is 22.4 Å². The molecule has 0 saturated heterocycles. The molecule has 2 unspecified atom stereocenters. The fourth-order valence-corrected chi connectivity index (χ4v) is 3.42. The SMILES string of the molecule is CCC(N)C(c1ccsc1)N(CCO)C1CCC1. The van der Waals surface area contributed by atoms with Gasteiger partial charge in [-0.25, -0.2) is 0 Å². The molecule has 102 valence electrons. The molecule has 0 spiro atoms. The minimum absolute atomic E-state index is 0.145. The zero-order valence-electron chi connectivity index (χ0n) is 11.1. The lowest BCUT2D eigenvalue weighted by Crippen LogP contribution is -2.49. The predicted octanol–water partition coefficient (Wildman–Crippen LogP) is 2.37. The molecule has 0 bridgehead atoms. The van der Waals surface area contributed by atoms with Crippen molar-refractivity contribution in [1.82, 2.24) is 4.90 Å². The van der Waals surface area contributed by atoms with E-state index in [1.54, 1.807) is 11.3 Å². The Bertz CT molecular complexity index is 338. The monoisotopic (exact) mass is 268 g/mol. The van der Waals surface area contributed by atoms with Gasteiger partial charge in [0.1, 0.15) is 0 Å². The number of aliphatic hydroxyl groups excluding tert-OH is 1. The van der Waals surface area contributed by atoms with Crippen molar-refractivity contribution >= 4 is 11.3 Å². The molecule has 3 N–H and O–H groups in total. The molecule has 3 nitrogen and oxygen atoms in total. The van der Waals surface area contributed by atoms with Gasteiger partial charge in [-0.1, -0.05) is 13.3 Å². The highest BCUT2D eigenvalue weighted by molar-refractivity contribution is 7.07. The molecule has 18 heavy (non-hydrogen) atoms. The maximum Gasteiger partial charge on any atom is 0.0558 e. The number of hydrogen-bond acceptors (Lipinski definition) is 4. The molecule has 0 amide bonds. The van der Waals surface area contributed by atoms with Crippen LogP contribution in [0, 0.1) is 0 Å². The van der Waals surface area contributed by atoms with Crippen molar-refractivity contribution in [2.24, 2.45) is 5.73 Å². The summed E-state index contributed by atoms with van der Waals surface area (Å²) in [5.41, 5.74) is 7.65. The molecule has 2 rings (SSSR count). The van der Waals surface area contributed by atoms with E-state index in [0.29, 0.717) is 6.04 Å². The summed E-state index contributed by atoms with van der Waals surface area (Å²) in [5, 5.41) is 13.6. The van der Waals surface area contributed by atoms with Gasteiger partial charge in [-0.15, -0.1) is 0 Å². The maximum atomic E-state index is 9.33. The zero-order chi connectivity index (χ0) is 13.0. The van der Waals surface area contributed by atoms with Gasteiger partial charge in [-0.05, 0) is 41.7 Å². The summed E-state index contributed by atoms with van der Waals surface area (Å²) in [4.78, 5) is 2.43. The van der Waals surface area contributed by atoms with E-state index in [-0.39, 0.29) is 18.7 Å². The zero-order valence-corrected chi connectivity index (χ0v) is 11.9. The van der Waals surface area contributed by atoms with Gasteiger partial charge in [0.2, 0.25) is 0 Å². The first-order valence-electron chi connectivity index (χ1n) is 6.92. The lowest BCUT2D eigenvalue weighted by atomic mass is 9.87. The number of rotatable bonds is 7. The van der Waals surface area contributed by atoms with E-state index < -0.39 is 0 Å². The molecule has 4 heteroatoms. The Hall–Kier alpha value is -0.420. The lowest BCUT2D eigenvalue weighted by molar-refractivity contribution is 0.0475. The van der Waals surface area contributed by atoms with Gasteiger partial charge in [-0.2, -0.15) is 11.3 Å². The van der Waals surface area contributed by atoms with E-state index in [0.717, 1.165) is 13.0 Å². The second kappa shape index (κ2) is 6.66. The third-order valence-corrected chi connectivity index (χ3v) is 4.72. The van der Waals surface area contributed by atoms with Crippen LogP contribution in [0.3, 0.4) is 0 Å². The molecule has 1 aliphatic rings. The van der Waals surface area contributed by atoms with E-state index in [1.165, 1.54) is 24.8 Å². The highest BCUT2D eigenvalue weighted by Gasteiger charge is 2.33. The molecule has 0 radical (unpaired) electrons. The summed E-state index contributed by atoms with van der Waals surface area (Å²) in [5.74, 6) is 0. The molecule has 0 aromatic carbocycles. The van der Waals surface area contributed by atoms with Gasteiger partial charge in [-0.3, -0.25) is 4.90 Å². The average molecular weight is 268 g/mol. The van der Waals surface area contributed by atoms with Crippen LogP contribution in [0.15, 0.2) is 16.8 Å². The van der Waals surface area contributed by atoms with Crippen LogP contribution >= 0.6 is 11.3 Å². The third kappa shape index (κ3) is 2.94. The summed E-state index contributed by atoms with van der Waals surface area (Å²) >= 11 is 1.72. The van der Waals surface area contributed by atoms with Gasteiger partial charge in [0.05, 0.1) is 12.6 Å². The smallest absolute Gasteiger partial charge is 0.0558 e. The number of aliphatic hydroxyl groups is 1. The number of thiophene rings is 1. The van der Waals surface area contributed by atoms with E-state index in [2.05, 4.69) is 28.7 Å². The van der Waals surface area contributed by atoms with Crippen molar-refractivity contribution in [3.63, 3.8) is 0 Å². The van der Waals surface area contributed by atoms with Crippen LogP contribution in [-0.4, -0.2) is 35.2 Å². The molecule has 1 saturated carbocycles. The molecule has 1 aromatic heterocycles. The summed E-state index contributed by atoms with van der Waals surface area (Å²) < 4.78 is 0. The lowest BCUT2D eigenvalue weighted by Gasteiger charge is -2.44. The fourth-order valence-electron chi connectivity index (χ4n) is 2.73. The van der Waals surface area contributed by atoms with Crippen molar-refractivity contribution in [2.75, 3.05) is 13.2 Å². The van der Waals surface area contributed by atoms with Crippen LogP contribution in [0.2, 0.25) is 0 Å². The van der Waals surface area contributed by atoms with E-state index in [4.69, 9.17) is 5.73 Å². The van der Waals surface area contributed by atoms with Crippen molar-refractivity contribution in [1.29, 1.82) is 0 Å². The Kier molecular flexibility index (Phi) is 5.18. The third-order valence-electron chi connectivity index (χ3n) is 4.02. The topological polar surface area (TPSA) is 49.5 Å². The molecule has 2 atom stereocenters. The quantitative estimate of drug-likeness (QED) is 0.798. The number of nitrogens with zero attached hydrogens (tertiary/aromatic N) is 1. The minimum Gasteiger partial charge on any atom is -0.395 e. The first-order valence-corrected chi connectivity index (χ1v) is 7.86. The van der Waals surface area contributed by atoms with Gasteiger partial charge in [0.15, 0.2) is 0 Å². The summed E-state index contributed by atoms with van der Waals surface area (Å²) in [6, 6.07) is 3.19. The maximum absolute atomic E-state index is 9.33. The van der Waals surface area contributed by atoms with Gasteiger partial charge >= 0.3 is 0 Å². The largest absolute Gasteiger partial charge is 0.395 e. The first-order chi connectivity index (χ1) is 8.77. The van der Waals surface area contributed by atoms with E-state index >= 15 is 0 Å². The first kappa shape index (κ1) is 14.0. The second-order valence-electron chi connectivity index (χ2n) is 5.12. The van der Waals surface area contributed by atoms with Crippen molar-refractivity contribution in [2.45, 2.75) is 50.7 Å². The Labute approximate surface area is 114 Å². The minimum atomic E-state index is 0.145. The van der Waals surface area contributed by atoms with Crippen LogP contribution in [0.25, 0.3) is 0 Å².